The van der Waals surface area contributed by atoms with E-state index in [4.69, 9.17) is 4.74 Å². The van der Waals surface area contributed by atoms with Gasteiger partial charge in [0.25, 0.3) is 0 Å². The van der Waals surface area contributed by atoms with Crippen LogP contribution in [0.15, 0.2) is 12.4 Å². The molecule has 2 fully saturated rings. The summed E-state index contributed by atoms with van der Waals surface area (Å²) in [6.45, 7) is 3.93. The second-order valence-corrected chi connectivity index (χ2v) is 5.71. The van der Waals surface area contributed by atoms with Gasteiger partial charge in [0.15, 0.2) is 0 Å². The van der Waals surface area contributed by atoms with Crippen LogP contribution < -0.4 is 9.80 Å². The highest BCUT2D eigenvalue weighted by molar-refractivity contribution is 5.50. The van der Waals surface area contributed by atoms with Crippen LogP contribution in [0.4, 0.5) is 24.8 Å². The van der Waals surface area contributed by atoms with Gasteiger partial charge in [0, 0.05) is 45.3 Å². The Morgan fingerprint density at radius 2 is 1.48 bits per heavy atom. The van der Waals surface area contributed by atoms with Crippen molar-refractivity contribution in [3.8, 4) is 0 Å². The highest BCUT2D eigenvalue weighted by atomic mass is 19.4. The molecule has 0 atom stereocenters. The Bertz CT molecular complexity index is 513. The third-order valence-corrected chi connectivity index (χ3v) is 4.07. The first-order valence-electron chi connectivity index (χ1n) is 7.70. The molecule has 0 N–H and O–H groups in total. The minimum absolute atomic E-state index is 0.385. The zero-order valence-corrected chi connectivity index (χ0v) is 12.8. The first-order valence-corrected chi connectivity index (χ1v) is 7.70. The van der Waals surface area contributed by atoms with Crippen LogP contribution in [0.2, 0.25) is 0 Å². The van der Waals surface area contributed by atoms with Crippen LogP contribution in [0.1, 0.15) is 0 Å². The molecule has 0 amide bonds. The van der Waals surface area contributed by atoms with Gasteiger partial charge in [-0.25, -0.2) is 9.97 Å². The standard InChI is InChI=1S/C14H20F3N5O/c15-14(16,17)10-20-1-3-21(4-2-20)12-9-13(19-11-18-12)22-5-7-23-8-6-22/h9,11H,1-8,10H2. The molecule has 0 aliphatic carbocycles. The number of hydrogen-bond acceptors (Lipinski definition) is 6. The molecule has 0 bridgehead atoms. The Morgan fingerprint density at radius 1 is 0.913 bits per heavy atom. The average molecular weight is 331 g/mol. The molecule has 6 nitrogen and oxygen atoms in total. The van der Waals surface area contributed by atoms with Gasteiger partial charge in [-0.1, -0.05) is 0 Å². The summed E-state index contributed by atoms with van der Waals surface area (Å²) in [6.07, 6.45) is -2.62. The molecule has 128 valence electrons. The fraction of sp³-hybridized carbons (Fsp3) is 0.714. The minimum atomic E-state index is -4.14. The summed E-state index contributed by atoms with van der Waals surface area (Å²) >= 11 is 0. The molecule has 3 rings (SSSR count). The van der Waals surface area contributed by atoms with Crippen molar-refractivity contribution in [2.24, 2.45) is 0 Å². The number of alkyl halides is 3. The van der Waals surface area contributed by atoms with Gasteiger partial charge in [0.05, 0.1) is 19.8 Å². The van der Waals surface area contributed by atoms with E-state index in [1.165, 1.54) is 11.2 Å². The first kappa shape index (κ1) is 16.3. The number of rotatable bonds is 3. The predicted octanol–water partition coefficient (Wildman–Crippen LogP) is 0.997. The number of hydrogen-bond donors (Lipinski definition) is 0. The van der Waals surface area contributed by atoms with E-state index in [1.54, 1.807) is 0 Å². The van der Waals surface area contributed by atoms with E-state index in [2.05, 4.69) is 14.9 Å². The van der Waals surface area contributed by atoms with Gasteiger partial charge in [-0.3, -0.25) is 4.90 Å². The maximum absolute atomic E-state index is 12.4. The molecular weight excluding hydrogens is 311 g/mol. The lowest BCUT2D eigenvalue weighted by Crippen LogP contribution is -2.49. The molecule has 0 radical (unpaired) electrons. The maximum Gasteiger partial charge on any atom is 0.401 e. The van der Waals surface area contributed by atoms with Gasteiger partial charge >= 0.3 is 6.18 Å². The number of halogens is 3. The zero-order valence-electron chi connectivity index (χ0n) is 12.8. The normalized spacial score (nSPS) is 20.8. The van der Waals surface area contributed by atoms with Crippen molar-refractivity contribution >= 4 is 11.6 Å². The lowest BCUT2D eigenvalue weighted by atomic mass is 10.3. The fourth-order valence-corrected chi connectivity index (χ4v) is 2.86. The minimum Gasteiger partial charge on any atom is -0.378 e. The van der Waals surface area contributed by atoms with Gasteiger partial charge in [0.1, 0.15) is 18.0 Å². The van der Waals surface area contributed by atoms with Gasteiger partial charge in [-0.05, 0) is 0 Å². The van der Waals surface area contributed by atoms with E-state index in [1.807, 2.05) is 11.0 Å². The third-order valence-electron chi connectivity index (χ3n) is 4.07. The molecule has 1 aromatic rings. The van der Waals surface area contributed by atoms with Crippen LogP contribution in [0, 0.1) is 0 Å². The van der Waals surface area contributed by atoms with E-state index >= 15 is 0 Å². The first-order chi connectivity index (χ1) is 11.0. The van der Waals surface area contributed by atoms with Crippen LogP contribution >= 0.6 is 0 Å². The van der Waals surface area contributed by atoms with Crippen molar-refractivity contribution in [2.45, 2.75) is 6.18 Å². The van der Waals surface area contributed by atoms with Gasteiger partial charge in [-0.2, -0.15) is 13.2 Å². The molecule has 9 heteroatoms. The summed E-state index contributed by atoms with van der Waals surface area (Å²) in [4.78, 5) is 14.1. The third kappa shape index (κ3) is 4.44. The summed E-state index contributed by atoms with van der Waals surface area (Å²) in [5, 5.41) is 0. The number of morpholine rings is 1. The van der Waals surface area contributed by atoms with Crippen molar-refractivity contribution in [1.29, 1.82) is 0 Å². The molecule has 2 aliphatic rings. The van der Waals surface area contributed by atoms with Crippen molar-refractivity contribution in [3.63, 3.8) is 0 Å². The fourth-order valence-electron chi connectivity index (χ4n) is 2.86. The molecule has 2 saturated heterocycles. The molecule has 2 aliphatic heterocycles. The molecule has 0 saturated carbocycles. The quantitative estimate of drug-likeness (QED) is 0.823. The predicted molar refractivity (Wildman–Crippen MR) is 79.8 cm³/mol. The van der Waals surface area contributed by atoms with Crippen molar-refractivity contribution in [1.82, 2.24) is 14.9 Å². The topological polar surface area (TPSA) is 44.7 Å². The number of nitrogens with zero attached hydrogens (tertiary/aromatic N) is 5. The smallest absolute Gasteiger partial charge is 0.378 e. The molecule has 0 aromatic carbocycles. The van der Waals surface area contributed by atoms with Crippen LogP contribution in [-0.2, 0) is 4.74 Å². The van der Waals surface area contributed by atoms with E-state index in [0.717, 1.165) is 24.7 Å². The monoisotopic (exact) mass is 331 g/mol. The molecule has 1 aromatic heterocycles. The van der Waals surface area contributed by atoms with Crippen LogP contribution in [0.25, 0.3) is 0 Å². The van der Waals surface area contributed by atoms with Crippen LogP contribution in [0.5, 0.6) is 0 Å². The van der Waals surface area contributed by atoms with Crippen LogP contribution in [-0.4, -0.2) is 80.1 Å². The summed E-state index contributed by atoms with van der Waals surface area (Å²) < 4.78 is 42.6. The SMILES string of the molecule is FC(F)(F)CN1CCN(c2cc(N3CCOCC3)ncn2)CC1. The Labute approximate surface area is 132 Å². The van der Waals surface area contributed by atoms with E-state index in [0.29, 0.717) is 39.4 Å². The Hall–Kier alpha value is -1.61. The van der Waals surface area contributed by atoms with Crippen molar-refractivity contribution < 1.29 is 17.9 Å². The Morgan fingerprint density at radius 3 is 2.04 bits per heavy atom. The Balaban J connectivity index is 1.60. The summed E-state index contributed by atoms with van der Waals surface area (Å²) in [6, 6.07) is 1.91. The number of ether oxygens (including phenoxy) is 1. The lowest BCUT2D eigenvalue weighted by molar-refractivity contribution is -0.146. The maximum atomic E-state index is 12.4. The van der Waals surface area contributed by atoms with E-state index in [-0.39, 0.29) is 0 Å². The summed E-state index contributed by atoms with van der Waals surface area (Å²) in [5.41, 5.74) is 0. The number of aromatic nitrogens is 2. The van der Waals surface area contributed by atoms with Gasteiger partial charge < -0.3 is 14.5 Å². The molecule has 0 unspecified atom stereocenters. The second kappa shape index (κ2) is 6.88. The van der Waals surface area contributed by atoms with Gasteiger partial charge in [-0.15, -0.1) is 0 Å². The summed E-state index contributed by atoms with van der Waals surface area (Å²) in [7, 11) is 0. The summed E-state index contributed by atoms with van der Waals surface area (Å²) in [5.74, 6) is 1.61. The van der Waals surface area contributed by atoms with Crippen molar-refractivity contribution in [3.05, 3.63) is 12.4 Å². The molecule has 3 heterocycles. The molecule has 23 heavy (non-hydrogen) atoms. The van der Waals surface area contributed by atoms with E-state index < -0.39 is 12.7 Å². The largest absolute Gasteiger partial charge is 0.401 e. The lowest BCUT2D eigenvalue weighted by Gasteiger charge is -2.36. The highest BCUT2D eigenvalue weighted by Gasteiger charge is 2.32. The zero-order chi connectivity index (χ0) is 16.3. The highest BCUT2D eigenvalue weighted by Crippen LogP contribution is 2.21. The van der Waals surface area contributed by atoms with Crippen LogP contribution in [0.3, 0.4) is 0 Å². The number of piperazine rings is 1. The van der Waals surface area contributed by atoms with Crippen molar-refractivity contribution in [2.75, 3.05) is 68.8 Å². The van der Waals surface area contributed by atoms with Gasteiger partial charge in [0.2, 0.25) is 0 Å². The average Bonchev–Trinajstić information content (AvgIpc) is 2.55. The molecule has 0 spiro atoms. The van der Waals surface area contributed by atoms with E-state index in [9.17, 15) is 13.2 Å². The second-order valence-electron chi connectivity index (χ2n) is 5.71. The molecular formula is C14H20F3N5O. The number of anilines is 2. The Kier molecular flexibility index (Phi) is 4.86.